The zero-order valence-electron chi connectivity index (χ0n) is 10.8. The predicted octanol–water partition coefficient (Wildman–Crippen LogP) is 2.23. The number of hydrogen-bond acceptors (Lipinski definition) is 3. The van der Waals surface area contributed by atoms with Gasteiger partial charge in [-0.3, -0.25) is 0 Å². The van der Waals surface area contributed by atoms with Crippen LogP contribution in [0, 0.1) is 0 Å². The van der Waals surface area contributed by atoms with Crippen LogP contribution < -0.4 is 4.90 Å². The summed E-state index contributed by atoms with van der Waals surface area (Å²) in [5.74, 6) is 0. The van der Waals surface area contributed by atoms with Crippen LogP contribution in [0.3, 0.4) is 0 Å². The van der Waals surface area contributed by atoms with Crippen LogP contribution in [0.4, 0.5) is 5.69 Å². The third kappa shape index (κ3) is 3.37. The first-order valence-electron chi connectivity index (χ1n) is 6.52. The minimum Gasteiger partial charge on any atom is -0.396 e. The fraction of sp³-hybridized carbons (Fsp3) is 0.571. The lowest BCUT2D eigenvalue weighted by Crippen LogP contribution is -2.40. The van der Waals surface area contributed by atoms with Gasteiger partial charge < -0.3 is 14.9 Å². The van der Waals surface area contributed by atoms with Crippen LogP contribution in [-0.2, 0) is 0 Å². The highest BCUT2D eigenvalue weighted by atomic mass is 35.5. The normalized spacial score (nSPS) is 21.9. The van der Waals surface area contributed by atoms with Gasteiger partial charge in [-0.05, 0) is 50.7 Å². The van der Waals surface area contributed by atoms with Gasteiger partial charge in [0.25, 0.3) is 0 Å². The molecule has 0 amide bonds. The molecular formula is C14H21ClN2O. The molecule has 0 aromatic heterocycles. The van der Waals surface area contributed by atoms with E-state index in [9.17, 15) is 5.11 Å². The summed E-state index contributed by atoms with van der Waals surface area (Å²) >= 11 is 5.94. The van der Waals surface area contributed by atoms with Gasteiger partial charge in [-0.1, -0.05) is 11.6 Å². The number of hydrogen-bond donors (Lipinski definition) is 1. The molecule has 1 aliphatic rings. The summed E-state index contributed by atoms with van der Waals surface area (Å²) in [5.41, 5.74) is 1.20. The average Bonchev–Trinajstić information content (AvgIpc) is 2.53. The second-order valence-electron chi connectivity index (χ2n) is 4.95. The lowest BCUT2D eigenvalue weighted by atomic mass is 10.1. The minimum absolute atomic E-state index is 0.239. The summed E-state index contributed by atoms with van der Waals surface area (Å²) in [6.07, 6.45) is 1.97. The summed E-state index contributed by atoms with van der Waals surface area (Å²) in [7, 11) is 2.15. The SMILES string of the molecule is CN1CCCN(c2ccc(Cl)cc2)C(CCO)C1. The quantitative estimate of drug-likeness (QED) is 0.911. The van der Waals surface area contributed by atoms with Crippen molar-refractivity contribution in [2.24, 2.45) is 0 Å². The van der Waals surface area contributed by atoms with E-state index in [0.717, 1.165) is 37.5 Å². The molecule has 18 heavy (non-hydrogen) atoms. The number of aliphatic hydroxyl groups is 1. The Morgan fingerprint density at radius 3 is 2.67 bits per heavy atom. The summed E-state index contributed by atoms with van der Waals surface area (Å²) in [6, 6.07) is 8.38. The molecule has 4 heteroatoms. The van der Waals surface area contributed by atoms with E-state index >= 15 is 0 Å². The van der Waals surface area contributed by atoms with E-state index in [1.54, 1.807) is 0 Å². The molecule has 0 aliphatic carbocycles. The van der Waals surface area contributed by atoms with Crippen molar-refractivity contribution in [3.05, 3.63) is 29.3 Å². The maximum Gasteiger partial charge on any atom is 0.0451 e. The molecule has 0 saturated carbocycles. The Kier molecular flexibility index (Phi) is 4.87. The largest absolute Gasteiger partial charge is 0.396 e. The Morgan fingerprint density at radius 1 is 1.28 bits per heavy atom. The molecular weight excluding hydrogens is 248 g/mol. The van der Waals surface area contributed by atoms with Crippen molar-refractivity contribution >= 4 is 17.3 Å². The molecule has 1 aromatic rings. The third-order valence-electron chi connectivity index (χ3n) is 3.52. The predicted molar refractivity (Wildman–Crippen MR) is 76.4 cm³/mol. The molecule has 1 saturated heterocycles. The molecule has 1 aliphatic heterocycles. The number of likely N-dealkylation sites (N-methyl/N-ethyl adjacent to an activating group) is 1. The lowest BCUT2D eigenvalue weighted by Gasteiger charge is -2.32. The molecule has 0 radical (unpaired) electrons. The Balaban J connectivity index is 2.18. The third-order valence-corrected chi connectivity index (χ3v) is 3.77. The molecule has 1 unspecified atom stereocenters. The van der Waals surface area contributed by atoms with E-state index in [2.05, 4.69) is 29.0 Å². The van der Waals surface area contributed by atoms with Crippen molar-refractivity contribution in [3.63, 3.8) is 0 Å². The highest BCUT2D eigenvalue weighted by Gasteiger charge is 2.23. The molecule has 1 fully saturated rings. The summed E-state index contributed by atoms with van der Waals surface area (Å²) in [4.78, 5) is 4.74. The average molecular weight is 269 g/mol. The smallest absolute Gasteiger partial charge is 0.0451 e. The van der Waals surface area contributed by atoms with Gasteiger partial charge in [0.15, 0.2) is 0 Å². The van der Waals surface area contributed by atoms with Gasteiger partial charge in [0.05, 0.1) is 0 Å². The number of anilines is 1. The van der Waals surface area contributed by atoms with Gasteiger partial charge in [0.1, 0.15) is 0 Å². The molecule has 1 N–H and O–H groups in total. The molecule has 2 rings (SSSR count). The maximum absolute atomic E-state index is 9.24. The lowest BCUT2D eigenvalue weighted by molar-refractivity contribution is 0.253. The number of aliphatic hydroxyl groups excluding tert-OH is 1. The van der Waals surface area contributed by atoms with Crippen molar-refractivity contribution in [1.29, 1.82) is 0 Å². The van der Waals surface area contributed by atoms with Crippen LogP contribution in [0.1, 0.15) is 12.8 Å². The Bertz CT molecular complexity index is 369. The van der Waals surface area contributed by atoms with E-state index in [1.807, 2.05) is 12.1 Å². The van der Waals surface area contributed by atoms with Crippen LogP contribution in [0.2, 0.25) is 5.02 Å². The molecule has 1 aromatic carbocycles. The van der Waals surface area contributed by atoms with E-state index in [4.69, 9.17) is 11.6 Å². The highest BCUT2D eigenvalue weighted by Crippen LogP contribution is 2.23. The monoisotopic (exact) mass is 268 g/mol. The zero-order chi connectivity index (χ0) is 13.0. The number of halogens is 1. The molecule has 3 nitrogen and oxygen atoms in total. The molecule has 0 spiro atoms. The molecule has 1 atom stereocenters. The topological polar surface area (TPSA) is 26.7 Å². The Morgan fingerprint density at radius 2 is 2.00 bits per heavy atom. The minimum atomic E-state index is 0.239. The summed E-state index contributed by atoms with van der Waals surface area (Å²) in [5, 5.41) is 10.0. The molecule has 0 bridgehead atoms. The van der Waals surface area contributed by atoms with Crippen molar-refractivity contribution in [3.8, 4) is 0 Å². The second kappa shape index (κ2) is 6.41. The van der Waals surface area contributed by atoms with Gasteiger partial charge in [0.2, 0.25) is 0 Å². The van der Waals surface area contributed by atoms with Gasteiger partial charge in [0, 0.05) is 36.4 Å². The van der Waals surface area contributed by atoms with E-state index in [1.165, 1.54) is 5.69 Å². The Hall–Kier alpha value is -0.770. The van der Waals surface area contributed by atoms with Gasteiger partial charge >= 0.3 is 0 Å². The van der Waals surface area contributed by atoms with Crippen molar-refractivity contribution in [2.45, 2.75) is 18.9 Å². The van der Waals surface area contributed by atoms with E-state index in [-0.39, 0.29) is 6.61 Å². The van der Waals surface area contributed by atoms with Gasteiger partial charge in [-0.15, -0.1) is 0 Å². The number of rotatable bonds is 3. The van der Waals surface area contributed by atoms with Crippen LogP contribution in [0.25, 0.3) is 0 Å². The van der Waals surface area contributed by atoms with Gasteiger partial charge in [-0.2, -0.15) is 0 Å². The van der Waals surface area contributed by atoms with Gasteiger partial charge in [-0.25, -0.2) is 0 Å². The van der Waals surface area contributed by atoms with Crippen LogP contribution >= 0.6 is 11.6 Å². The van der Waals surface area contributed by atoms with E-state index < -0.39 is 0 Å². The first kappa shape index (κ1) is 13.7. The zero-order valence-corrected chi connectivity index (χ0v) is 11.6. The summed E-state index contributed by atoms with van der Waals surface area (Å²) < 4.78 is 0. The number of benzene rings is 1. The molecule has 100 valence electrons. The van der Waals surface area contributed by atoms with Crippen LogP contribution in [0.15, 0.2) is 24.3 Å². The second-order valence-corrected chi connectivity index (χ2v) is 5.39. The maximum atomic E-state index is 9.24. The van der Waals surface area contributed by atoms with Crippen LogP contribution in [0.5, 0.6) is 0 Å². The van der Waals surface area contributed by atoms with Crippen LogP contribution in [-0.4, -0.2) is 49.3 Å². The summed E-state index contributed by atoms with van der Waals surface area (Å²) in [6.45, 7) is 3.40. The fourth-order valence-electron chi connectivity index (χ4n) is 2.61. The molecule has 1 heterocycles. The standard InChI is InChI=1S/C14H21ClN2O/c1-16-8-2-9-17(14(11-16)7-10-18)13-5-3-12(15)4-6-13/h3-6,14,18H,2,7-11H2,1H3. The fourth-order valence-corrected chi connectivity index (χ4v) is 2.74. The van der Waals surface area contributed by atoms with E-state index in [0.29, 0.717) is 6.04 Å². The highest BCUT2D eigenvalue weighted by molar-refractivity contribution is 6.30. The first-order valence-corrected chi connectivity index (χ1v) is 6.90. The van der Waals surface area contributed by atoms with Crippen molar-refractivity contribution in [1.82, 2.24) is 4.90 Å². The van der Waals surface area contributed by atoms with Crippen molar-refractivity contribution < 1.29 is 5.11 Å². The Labute approximate surface area is 114 Å². The first-order chi connectivity index (χ1) is 8.70. The number of nitrogens with zero attached hydrogens (tertiary/aromatic N) is 2. The van der Waals surface area contributed by atoms with Crippen molar-refractivity contribution in [2.75, 3.05) is 38.2 Å².